The van der Waals surface area contributed by atoms with E-state index in [0.29, 0.717) is 17.5 Å². The molecule has 0 bridgehead atoms. The van der Waals surface area contributed by atoms with Crippen LogP contribution in [0.4, 0.5) is 0 Å². The monoisotopic (exact) mass is 318 g/mol. The largest absolute Gasteiger partial charge is 0.375 e. The smallest absolute Gasteiger partial charge is 0.262 e. The van der Waals surface area contributed by atoms with E-state index in [4.69, 9.17) is 5.73 Å². The van der Waals surface area contributed by atoms with E-state index in [1.807, 2.05) is 13.8 Å². The van der Waals surface area contributed by atoms with Crippen molar-refractivity contribution < 1.29 is 9.59 Å². The molecule has 0 aliphatic carbocycles. The van der Waals surface area contributed by atoms with Crippen molar-refractivity contribution in [1.82, 2.24) is 10.3 Å². The van der Waals surface area contributed by atoms with Gasteiger partial charge in [0.2, 0.25) is 0 Å². The molecular weight excluding hydrogens is 300 g/mol. The van der Waals surface area contributed by atoms with Crippen molar-refractivity contribution in [3.8, 4) is 0 Å². The molecule has 1 aliphatic rings. The second-order valence-corrected chi connectivity index (χ2v) is 5.92. The first-order valence-electron chi connectivity index (χ1n) is 6.97. The highest BCUT2D eigenvalue weighted by molar-refractivity contribution is 7.80. The fraction of sp³-hybridized carbons (Fsp3) is 0.333. The van der Waals surface area contributed by atoms with Crippen LogP contribution in [0.3, 0.4) is 0 Å². The van der Waals surface area contributed by atoms with Crippen LogP contribution in [-0.4, -0.2) is 34.1 Å². The first kappa shape index (κ1) is 16.1. The average molecular weight is 318 g/mol. The van der Waals surface area contributed by atoms with Crippen molar-refractivity contribution in [2.24, 2.45) is 16.8 Å². The molecule has 6 nitrogen and oxygen atoms in total. The summed E-state index contributed by atoms with van der Waals surface area (Å²) in [6.45, 7) is 4.03. The van der Waals surface area contributed by atoms with E-state index in [0.717, 1.165) is 0 Å². The third-order valence-corrected chi connectivity index (χ3v) is 3.38. The van der Waals surface area contributed by atoms with Gasteiger partial charge < -0.3 is 5.73 Å². The van der Waals surface area contributed by atoms with E-state index in [1.54, 1.807) is 24.3 Å². The van der Waals surface area contributed by atoms with Crippen molar-refractivity contribution in [1.29, 1.82) is 0 Å². The van der Waals surface area contributed by atoms with Crippen LogP contribution < -0.4 is 11.2 Å². The van der Waals surface area contributed by atoms with E-state index in [2.05, 4.69) is 22.7 Å². The van der Waals surface area contributed by atoms with E-state index in [1.165, 1.54) is 11.1 Å². The molecular formula is C15H18N4O2S. The maximum absolute atomic E-state index is 12.5. The fourth-order valence-corrected chi connectivity index (χ4v) is 2.46. The third kappa shape index (κ3) is 3.30. The second-order valence-electron chi connectivity index (χ2n) is 5.48. The first-order valence-corrected chi connectivity index (χ1v) is 7.38. The van der Waals surface area contributed by atoms with Gasteiger partial charge in [0.05, 0.1) is 17.2 Å². The molecule has 1 aliphatic heterocycles. The number of nitrogens with two attached hydrogens (primary N) is 1. The molecule has 1 atom stereocenters. The molecule has 1 aromatic carbocycles. The van der Waals surface area contributed by atoms with E-state index >= 15 is 0 Å². The van der Waals surface area contributed by atoms with Gasteiger partial charge in [0.1, 0.15) is 0 Å². The molecule has 2 amide bonds. The Bertz CT molecular complexity index is 607. The fourth-order valence-electron chi connectivity index (χ4n) is 2.41. The Balaban J connectivity index is 2.29. The summed E-state index contributed by atoms with van der Waals surface area (Å²) in [4.78, 5) is 26.2. The molecule has 116 valence electrons. The Kier molecular flexibility index (Phi) is 4.87. The summed E-state index contributed by atoms with van der Waals surface area (Å²) < 4.78 is 0. The SMILES string of the molecule is CC(C)CC(/C=N/NC(N)=S)N1C(=O)c2ccccc2C1=O. The number of thiocarbonyl (C=S) groups is 1. The number of imide groups is 1. The van der Waals surface area contributed by atoms with Crippen LogP contribution in [0.15, 0.2) is 29.4 Å². The molecule has 1 aromatic rings. The summed E-state index contributed by atoms with van der Waals surface area (Å²) in [6.07, 6.45) is 2.11. The van der Waals surface area contributed by atoms with Crippen molar-refractivity contribution in [3.63, 3.8) is 0 Å². The van der Waals surface area contributed by atoms with Gasteiger partial charge in [-0.05, 0) is 36.7 Å². The van der Waals surface area contributed by atoms with E-state index in [9.17, 15) is 9.59 Å². The van der Waals surface area contributed by atoms with Crippen LogP contribution in [-0.2, 0) is 0 Å². The zero-order chi connectivity index (χ0) is 16.3. The normalized spacial score (nSPS) is 15.5. The summed E-state index contributed by atoms with van der Waals surface area (Å²) in [5.74, 6) is -0.313. The van der Waals surface area contributed by atoms with Gasteiger partial charge in [-0.15, -0.1) is 0 Å². The minimum absolute atomic E-state index is 0.0295. The number of rotatable bonds is 5. The first-order chi connectivity index (χ1) is 10.4. The van der Waals surface area contributed by atoms with Gasteiger partial charge in [-0.3, -0.25) is 19.9 Å². The zero-order valence-corrected chi connectivity index (χ0v) is 13.3. The van der Waals surface area contributed by atoms with Crippen LogP contribution in [0, 0.1) is 5.92 Å². The molecule has 0 saturated carbocycles. The number of benzene rings is 1. The predicted octanol–water partition coefficient (Wildman–Crippen LogP) is 1.52. The molecule has 0 aromatic heterocycles. The Labute approximate surface area is 134 Å². The van der Waals surface area contributed by atoms with Crippen LogP contribution in [0.1, 0.15) is 41.0 Å². The molecule has 0 saturated heterocycles. The lowest BCUT2D eigenvalue weighted by atomic mass is 10.0. The summed E-state index contributed by atoms with van der Waals surface area (Å²) in [5, 5.41) is 3.94. The highest BCUT2D eigenvalue weighted by Crippen LogP contribution is 2.26. The lowest BCUT2D eigenvalue weighted by Gasteiger charge is -2.24. The highest BCUT2D eigenvalue weighted by atomic mass is 32.1. The summed E-state index contributed by atoms with van der Waals surface area (Å²) in [7, 11) is 0. The minimum atomic E-state index is -0.450. The summed E-state index contributed by atoms with van der Waals surface area (Å²) in [5.41, 5.74) is 8.62. The number of fused-ring (bicyclic) bond motifs is 1. The molecule has 0 spiro atoms. The molecule has 22 heavy (non-hydrogen) atoms. The molecule has 3 N–H and O–H groups in total. The number of carbonyl (C=O) groups excluding carboxylic acids is 2. The number of hydrazone groups is 1. The highest BCUT2D eigenvalue weighted by Gasteiger charge is 2.39. The topological polar surface area (TPSA) is 87.8 Å². The average Bonchev–Trinajstić information content (AvgIpc) is 2.70. The Hall–Kier alpha value is -2.28. The van der Waals surface area contributed by atoms with Gasteiger partial charge in [0.15, 0.2) is 5.11 Å². The van der Waals surface area contributed by atoms with Crippen molar-refractivity contribution in [2.45, 2.75) is 26.3 Å². The van der Waals surface area contributed by atoms with Crippen LogP contribution in [0.5, 0.6) is 0 Å². The number of hydrogen-bond acceptors (Lipinski definition) is 4. The van der Waals surface area contributed by atoms with Crippen molar-refractivity contribution >= 4 is 35.4 Å². The van der Waals surface area contributed by atoms with Gasteiger partial charge in [0, 0.05) is 6.21 Å². The quantitative estimate of drug-likeness (QED) is 0.372. The third-order valence-electron chi connectivity index (χ3n) is 3.29. The molecule has 2 rings (SSSR count). The van der Waals surface area contributed by atoms with Crippen molar-refractivity contribution in [3.05, 3.63) is 35.4 Å². The predicted molar refractivity (Wildman–Crippen MR) is 88.6 cm³/mol. The Morgan fingerprint density at radius 2 is 1.86 bits per heavy atom. The van der Waals surface area contributed by atoms with E-state index in [-0.39, 0.29) is 22.8 Å². The lowest BCUT2D eigenvalue weighted by molar-refractivity contribution is 0.0616. The van der Waals surface area contributed by atoms with Crippen LogP contribution >= 0.6 is 12.2 Å². The van der Waals surface area contributed by atoms with Gasteiger partial charge in [-0.25, -0.2) is 0 Å². The maximum Gasteiger partial charge on any atom is 0.262 e. The molecule has 7 heteroatoms. The Morgan fingerprint density at radius 1 is 1.32 bits per heavy atom. The van der Waals surface area contributed by atoms with Gasteiger partial charge in [-0.2, -0.15) is 5.10 Å². The van der Waals surface area contributed by atoms with Gasteiger partial charge >= 0.3 is 0 Å². The Morgan fingerprint density at radius 3 is 2.32 bits per heavy atom. The number of hydrogen-bond donors (Lipinski definition) is 2. The van der Waals surface area contributed by atoms with Crippen LogP contribution in [0.2, 0.25) is 0 Å². The lowest BCUT2D eigenvalue weighted by Crippen LogP contribution is -2.42. The van der Waals surface area contributed by atoms with Gasteiger partial charge in [-0.1, -0.05) is 26.0 Å². The molecule has 1 heterocycles. The number of nitrogens with one attached hydrogen (secondary N) is 1. The minimum Gasteiger partial charge on any atom is -0.375 e. The number of nitrogens with zero attached hydrogens (tertiary/aromatic N) is 2. The standard InChI is InChI=1S/C15H18N4O2S/c1-9(2)7-10(8-17-18-15(16)22)19-13(20)11-5-3-4-6-12(11)14(19)21/h3-6,8-10H,7H2,1-2H3,(H3,16,18,22)/b17-8+. The number of amides is 2. The van der Waals surface area contributed by atoms with Crippen LogP contribution in [0.25, 0.3) is 0 Å². The molecule has 1 unspecified atom stereocenters. The van der Waals surface area contributed by atoms with E-state index < -0.39 is 6.04 Å². The molecule has 0 fully saturated rings. The maximum atomic E-state index is 12.5. The van der Waals surface area contributed by atoms with Gasteiger partial charge in [0.25, 0.3) is 11.8 Å². The van der Waals surface area contributed by atoms with Crippen molar-refractivity contribution in [2.75, 3.05) is 0 Å². The zero-order valence-electron chi connectivity index (χ0n) is 12.4. The molecule has 0 radical (unpaired) electrons. The number of carbonyl (C=O) groups is 2. The summed E-state index contributed by atoms with van der Waals surface area (Å²) in [6, 6.07) is 6.36. The summed E-state index contributed by atoms with van der Waals surface area (Å²) >= 11 is 4.68. The second kappa shape index (κ2) is 6.65.